The van der Waals surface area contributed by atoms with Gasteiger partial charge in [-0.05, 0) is 36.2 Å². The minimum Gasteiger partial charge on any atom is -0.484 e. The monoisotopic (exact) mass is 436 g/mol. The topological polar surface area (TPSA) is 58.6 Å². The molecule has 1 N–H and O–H groups in total. The fourth-order valence-electron chi connectivity index (χ4n) is 3.08. The molecule has 31 heavy (non-hydrogen) atoms. The molecule has 0 aromatic heterocycles. The minimum absolute atomic E-state index is 0.154. The van der Waals surface area contributed by atoms with E-state index in [1.54, 1.807) is 25.1 Å². The highest BCUT2D eigenvalue weighted by atomic mass is 35.5. The largest absolute Gasteiger partial charge is 0.484 e. The molecule has 0 aliphatic rings. The summed E-state index contributed by atoms with van der Waals surface area (Å²) in [5.74, 6) is 0.0725. The van der Waals surface area contributed by atoms with Crippen molar-refractivity contribution >= 4 is 23.4 Å². The Morgan fingerprint density at radius 1 is 0.935 bits per heavy atom. The van der Waals surface area contributed by atoms with Crippen LogP contribution in [-0.2, 0) is 22.7 Å². The first-order valence-electron chi connectivity index (χ1n) is 10.1. The van der Waals surface area contributed by atoms with Crippen molar-refractivity contribution in [2.24, 2.45) is 0 Å². The molecule has 0 saturated carbocycles. The molecular weight excluding hydrogens is 412 g/mol. The van der Waals surface area contributed by atoms with Crippen molar-refractivity contribution in [3.63, 3.8) is 0 Å². The summed E-state index contributed by atoms with van der Waals surface area (Å²) >= 11 is 6.17. The second-order valence-corrected chi connectivity index (χ2v) is 7.50. The number of nitrogens with one attached hydrogen (secondary N) is 1. The Labute approximate surface area is 187 Å². The lowest BCUT2D eigenvalue weighted by atomic mass is 10.1. The van der Waals surface area contributed by atoms with Crippen LogP contribution >= 0.6 is 11.6 Å². The summed E-state index contributed by atoms with van der Waals surface area (Å²) in [4.78, 5) is 27.4. The SMILES string of the molecule is C[C@H](C(=O)NCc1ccccc1Cl)N(Cc1ccccc1)C(=O)COc1ccccc1. The predicted molar refractivity (Wildman–Crippen MR) is 122 cm³/mol. The summed E-state index contributed by atoms with van der Waals surface area (Å²) < 4.78 is 5.62. The molecule has 0 unspecified atom stereocenters. The minimum atomic E-state index is -0.686. The summed E-state index contributed by atoms with van der Waals surface area (Å²) in [6.07, 6.45) is 0. The van der Waals surface area contributed by atoms with Gasteiger partial charge in [-0.15, -0.1) is 0 Å². The van der Waals surface area contributed by atoms with Crippen LogP contribution < -0.4 is 10.1 Å². The molecule has 6 heteroatoms. The average Bonchev–Trinajstić information content (AvgIpc) is 2.81. The van der Waals surface area contributed by atoms with Crippen LogP contribution in [0.2, 0.25) is 5.02 Å². The van der Waals surface area contributed by atoms with Gasteiger partial charge in [-0.2, -0.15) is 0 Å². The van der Waals surface area contributed by atoms with Gasteiger partial charge in [0.05, 0.1) is 0 Å². The van der Waals surface area contributed by atoms with Crippen LogP contribution in [0, 0.1) is 0 Å². The molecule has 0 aliphatic carbocycles. The zero-order valence-electron chi connectivity index (χ0n) is 17.3. The number of hydrogen-bond donors (Lipinski definition) is 1. The quantitative estimate of drug-likeness (QED) is 0.539. The standard InChI is InChI=1S/C25H25ClN2O3/c1-19(25(30)27-16-21-12-8-9-15-23(21)26)28(17-20-10-4-2-5-11-20)24(29)18-31-22-13-6-3-7-14-22/h2-15,19H,16-18H2,1H3,(H,27,30)/t19-/m1/s1. The van der Waals surface area contributed by atoms with Crippen LogP contribution in [0.4, 0.5) is 0 Å². The number of nitrogens with zero attached hydrogens (tertiary/aromatic N) is 1. The molecule has 0 saturated heterocycles. The van der Waals surface area contributed by atoms with E-state index in [0.717, 1.165) is 11.1 Å². The van der Waals surface area contributed by atoms with E-state index < -0.39 is 6.04 Å². The van der Waals surface area contributed by atoms with E-state index in [0.29, 0.717) is 17.3 Å². The first-order valence-corrected chi connectivity index (χ1v) is 10.4. The number of amides is 2. The van der Waals surface area contributed by atoms with E-state index in [2.05, 4.69) is 5.32 Å². The Morgan fingerprint density at radius 3 is 2.23 bits per heavy atom. The Bertz CT molecular complexity index is 996. The number of benzene rings is 3. The summed E-state index contributed by atoms with van der Waals surface area (Å²) in [5, 5.41) is 3.46. The average molecular weight is 437 g/mol. The van der Waals surface area contributed by atoms with Crippen molar-refractivity contribution < 1.29 is 14.3 Å². The second kappa shape index (κ2) is 11.2. The van der Waals surface area contributed by atoms with Crippen LogP contribution in [-0.4, -0.2) is 29.4 Å². The molecule has 0 fully saturated rings. The molecule has 3 rings (SSSR count). The predicted octanol–water partition coefficient (Wildman–Crippen LogP) is 4.45. The normalized spacial score (nSPS) is 11.4. The highest BCUT2D eigenvalue weighted by molar-refractivity contribution is 6.31. The van der Waals surface area contributed by atoms with Crippen molar-refractivity contribution in [3.05, 3.63) is 101 Å². The maximum atomic E-state index is 13.0. The molecule has 2 amide bonds. The Hall–Kier alpha value is -3.31. The molecule has 0 spiro atoms. The zero-order chi connectivity index (χ0) is 22.1. The van der Waals surface area contributed by atoms with Crippen LogP contribution in [0.5, 0.6) is 5.75 Å². The first-order chi connectivity index (χ1) is 15.0. The number of ether oxygens (including phenoxy) is 1. The first kappa shape index (κ1) is 22.4. The van der Waals surface area contributed by atoms with Crippen molar-refractivity contribution in [3.8, 4) is 5.75 Å². The van der Waals surface area contributed by atoms with Gasteiger partial charge in [0.25, 0.3) is 5.91 Å². The fraction of sp³-hybridized carbons (Fsp3) is 0.200. The molecule has 3 aromatic rings. The third-order valence-electron chi connectivity index (χ3n) is 4.88. The fourth-order valence-corrected chi connectivity index (χ4v) is 3.28. The highest BCUT2D eigenvalue weighted by Crippen LogP contribution is 2.15. The van der Waals surface area contributed by atoms with E-state index in [4.69, 9.17) is 16.3 Å². The maximum absolute atomic E-state index is 13.0. The molecule has 0 aliphatic heterocycles. The third kappa shape index (κ3) is 6.59. The molecule has 0 bridgehead atoms. The Morgan fingerprint density at radius 2 is 1.55 bits per heavy atom. The number of hydrogen-bond acceptors (Lipinski definition) is 3. The molecule has 1 atom stereocenters. The molecule has 160 valence electrons. The van der Waals surface area contributed by atoms with Crippen molar-refractivity contribution in [2.45, 2.75) is 26.1 Å². The maximum Gasteiger partial charge on any atom is 0.261 e. The van der Waals surface area contributed by atoms with Gasteiger partial charge < -0.3 is 15.0 Å². The summed E-state index contributed by atoms with van der Waals surface area (Å²) in [7, 11) is 0. The number of carbonyl (C=O) groups excluding carboxylic acids is 2. The second-order valence-electron chi connectivity index (χ2n) is 7.09. The lowest BCUT2D eigenvalue weighted by molar-refractivity contribution is -0.142. The Balaban J connectivity index is 1.68. The van der Waals surface area contributed by atoms with E-state index in [9.17, 15) is 9.59 Å². The Kier molecular flexibility index (Phi) is 8.07. The van der Waals surface area contributed by atoms with Crippen molar-refractivity contribution in [1.29, 1.82) is 0 Å². The molecule has 0 heterocycles. The summed E-state index contributed by atoms with van der Waals surface area (Å²) in [6.45, 7) is 2.15. The van der Waals surface area contributed by atoms with Crippen molar-refractivity contribution in [2.75, 3.05) is 6.61 Å². The zero-order valence-corrected chi connectivity index (χ0v) is 18.1. The smallest absolute Gasteiger partial charge is 0.261 e. The van der Waals surface area contributed by atoms with Gasteiger partial charge in [0.1, 0.15) is 11.8 Å². The van der Waals surface area contributed by atoms with Crippen LogP contribution in [0.25, 0.3) is 0 Å². The molecule has 3 aromatic carbocycles. The third-order valence-corrected chi connectivity index (χ3v) is 5.25. The summed E-state index contributed by atoms with van der Waals surface area (Å²) in [6, 6.07) is 25.3. The van der Waals surface area contributed by atoms with E-state index in [1.807, 2.05) is 66.7 Å². The summed E-state index contributed by atoms with van der Waals surface area (Å²) in [5.41, 5.74) is 1.75. The lowest BCUT2D eigenvalue weighted by Crippen LogP contribution is -2.48. The molecular formula is C25H25ClN2O3. The van der Waals surface area contributed by atoms with Crippen LogP contribution in [0.1, 0.15) is 18.1 Å². The van der Waals surface area contributed by atoms with Gasteiger partial charge in [0.15, 0.2) is 6.61 Å². The van der Waals surface area contributed by atoms with Gasteiger partial charge in [-0.3, -0.25) is 9.59 Å². The van der Waals surface area contributed by atoms with E-state index >= 15 is 0 Å². The number of para-hydroxylation sites is 1. The number of carbonyl (C=O) groups is 2. The highest BCUT2D eigenvalue weighted by Gasteiger charge is 2.26. The number of halogens is 1. The van der Waals surface area contributed by atoms with Gasteiger partial charge in [0.2, 0.25) is 5.91 Å². The van der Waals surface area contributed by atoms with Gasteiger partial charge in [-0.25, -0.2) is 0 Å². The molecule has 0 radical (unpaired) electrons. The van der Waals surface area contributed by atoms with Gasteiger partial charge in [0, 0.05) is 18.1 Å². The molecule has 5 nitrogen and oxygen atoms in total. The van der Waals surface area contributed by atoms with Gasteiger partial charge >= 0.3 is 0 Å². The number of rotatable bonds is 9. The van der Waals surface area contributed by atoms with Crippen LogP contribution in [0.3, 0.4) is 0 Å². The van der Waals surface area contributed by atoms with Gasteiger partial charge in [-0.1, -0.05) is 78.3 Å². The van der Waals surface area contributed by atoms with E-state index in [1.165, 1.54) is 4.90 Å². The van der Waals surface area contributed by atoms with Crippen LogP contribution in [0.15, 0.2) is 84.9 Å². The van der Waals surface area contributed by atoms with E-state index in [-0.39, 0.29) is 25.0 Å². The van der Waals surface area contributed by atoms with Crippen molar-refractivity contribution in [1.82, 2.24) is 10.2 Å². The lowest BCUT2D eigenvalue weighted by Gasteiger charge is -2.28.